The number of hydrogen-bond acceptors (Lipinski definition) is 9. The number of benzene rings is 2. The standard InChI is InChI=1S/C40H53N9O6/c1-21(2)33(46-39(52)54-5)37(50)48-17-7-9-31(48)35-42-27-13-11-23(19-29(27)44-35)25-15-16-26(41-25)24-12-14-28-30(20-24)45-36(43-28)32-10-8-18-49(32)38(51)34(22(3)4)47-40(53)55-6/h11-14,19-22,25-26,31-34,41H,7-10,15-18H2,1-6H3,(H,42,44)(H,43,45)(H,46,52)(H,47,53)/t25-,26-,31+,32?,33+,34+/m1/s1. The van der Waals surface area contributed by atoms with Crippen molar-refractivity contribution in [3.8, 4) is 0 Å². The van der Waals surface area contributed by atoms with Gasteiger partial charge >= 0.3 is 12.2 Å². The molecule has 0 spiro atoms. The van der Waals surface area contributed by atoms with E-state index >= 15 is 0 Å². The molecule has 3 fully saturated rings. The van der Waals surface area contributed by atoms with Crippen LogP contribution in [0.15, 0.2) is 36.4 Å². The van der Waals surface area contributed by atoms with E-state index in [9.17, 15) is 19.2 Å². The highest BCUT2D eigenvalue weighted by molar-refractivity contribution is 5.87. The van der Waals surface area contributed by atoms with E-state index in [4.69, 9.17) is 19.4 Å². The lowest BCUT2D eigenvalue weighted by Crippen LogP contribution is -2.51. The highest BCUT2D eigenvalue weighted by atomic mass is 16.5. The Kier molecular flexibility index (Phi) is 11.0. The van der Waals surface area contributed by atoms with Crippen LogP contribution in [-0.2, 0) is 19.1 Å². The van der Waals surface area contributed by atoms with Crippen LogP contribution in [0.1, 0.15) is 113 Å². The molecule has 4 amide bonds. The zero-order chi connectivity index (χ0) is 39.0. The van der Waals surface area contributed by atoms with Gasteiger partial charge in [0.15, 0.2) is 0 Å². The Bertz CT molecular complexity index is 1910. The van der Waals surface area contributed by atoms with E-state index in [-0.39, 0.29) is 47.8 Å². The van der Waals surface area contributed by atoms with Crippen LogP contribution in [0.4, 0.5) is 9.59 Å². The number of fused-ring (bicyclic) bond motifs is 2. The van der Waals surface area contributed by atoms with E-state index in [1.165, 1.54) is 25.3 Å². The molecule has 4 aromatic rings. The Hall–Kier alpha value is -5.18. The van der Waals surface area contributed by atoms with Crippen molar-refractivity contribution in [2.24, 2.45) is 11.8 Å². The molecule has 294 valence electrons. The SMILES string of the molecule is COC(=O)N[C@H](C(=O)N1CCCC1c1nc2ccc([C@H]3CC[C@H](c4ccc5nc([C@@H]6CCCN6C(=O)[C@@H](NC(=O)OC)C(C)C)[nH]c5c4)N3)cc2[nH]1)C(C)C. The fourth-order valence-corrected chi connectivity index (χ4v) is 8.50. The molecule has 0 saturated carbocycles. The van der Waals surface area contributed by atoms with E-state index < -0.39 is 24.3 Å². The monoisotopic (exact) mass is 755 g/mol. The van der Waals surface area contributed by atoms with Crippen molar-refractivity contribution >= 4 is 46.1 Å². The average Bonchev–Trinajstić information content (AvgIpc) is 4.02. The van der Waals surface area contributed by atoms with Gasteiger partial charge in [0.25, 0.3) is 0 Å². The number of nitrogens with one attached hydrogen (secondary N) is 5. The van der Waals surface area contributed by atoms with Gasteiger partial charge in [-0.25, -0.2) is 19.6 Å². The average molecular weight is 756 g/mol. The third kappa shape index (κ3) is 7.71. The topological polar surface area (TPSA) is 187 Å². The number of likely N-dealkylation sites (tertiary alicyclic amines) is 2. The minimum absolute atomic E-state index is 0.102. The van der Waals surface area contributed by atoms with Crippen LogP contribution in [0.5, 0.6) is 0 Å². The zero-order valence-corrected chi connectivity index (χ0v) is 32.5. The first-order valence-electron chi connectivity index (χ1n) is 19.5. The molecule has 0 bridgehead atoms. The normalized spacial score (nSPS) is 22.5. The van der Waals surface area contributed by atoms with Crippen molar-refractivity contribution in [3.05, 3.63) is 59.2 Å². The van der Waals surface area contributed by atoms with Crippen molar-refractivity contribution in [2.75, 3.05) is 27.3 Å². The Morgan fingerprint density at radius 1 is 0.673 bits per heavy atom. The molecule has 6 atom stereocenters. The van der Waals surface area contributed by atoms with Crippen LogP contribution in [0.25, 0.3) is 22.1 Å². The lowest BCUT2D eigenvalue weighted by atomic mass is 10.0. The van der Waals surface area contributed by atoms with Gasteiger partial charge in [-0.3, -0.25) is 9.59 Å². The van der Waals surface area contributed by atoms with Crippen LogP contribution in [0.3, 0.4) is 0 Å². The second kappa shape index (κ2) is 15.9. The fourth-order valence-electron chi connectivity index (χ4n) is 8.50. The fraction of sp³-hybridized carbons (Fsp3) is 0.550. The molecule has 3 aliphatic heterocycles. The molecule has 7 rings (SSSR count). The number of methoxy groups -OCH3 is 2. The third-order valence-corrected chi connectivity index (χ3v) is 11.5. The Morgan fingerprint density at radius 3 is 1.47 bits per heavy atom. The van der Waals surface area contributed by atoms with Gasteiger partial charge < -0.3 is 45.2 Å². The summed E-state index contributed by atoms with van der Waals surface area (Å²) in [7, 11) is 2.59. The number of nitrogens with zero attached hydrogens (tertiary/aromatic N) is 4. The molecule has 2 aromatic heterocycles. The minimum atomic E-state index is -0.685. The first-order valence-corrected chi connectivity index (χ1v) is 19.5. The van der Waals surface area contributed by atoms with Crippen molar-refractivity contribution in [1.29, 1.82) is 0 Å². The van der Waals surface area contributed by atoms with E-state index in [0.717, 1.165) is 72.2 Å². The van der Waals surface area contributed by atoms with E-state index in [0.29, 0.717) is 13.1 Å². The molecule has 15 nitrogen and oxygen atoms in total. The number of aromatic nitrogens is 4. The second-order valence-electron chi connectivity index (χ2n) is 15.7. The van der Waals surface area contributed by atoms with Gasteiger partial charge in [-0.2, -0.15) is 0 Å². The highest BCUT2D eigenvalue weighted by Crippen LogP contribution is 2.38. The number of H-pyrrole nitrogens is 2. The quantitative estimate of drug-likeness (QED) is 0.136. The first-order chi connectivity index (χ1) is 26.4. The van der Waals surface area contributed by atoms with E-state index in [1.807, 2.05) is 49.6 Å². The Morgan fingerprint density at radius 2 is 1.09 bits per heavy atom. The van der Waals surface area contributed by atoms with E-state index in [2.05, 4.69) is 50.2 Å². The number of imidazole rings is 2. The van der Waals surface area contributed by atoms with Gasteiger partial charge in [0.05, 0.1) is 48.4 Å². The van der Waals surface area contributed by atoms with Gasteiger partial charge in [-0.05, 0) is 85.8 Å². The maximum absolute atomic E-state index is 13.6. The molecular formula is C40H53N9O6. The van der Waals surface area contributed by atoms with Crippen LogP contribution in [0, 0.1) is 11.8 Å². The predicted molar refractivity (Wildman–Crippen MR) is 206 cm³/mol. The third-order valence-electron chi connectivity index (χ3n) is 11.5. The van der Waals surface area contributed by atoms with Crippen molar-refractivity contribution < 1.29 is 28.7 Å². The summed E-state index contributed by atoms with van der Waals surface area (Å²) < 4.78 is 9.55. The Labute approximate surface area is 320 Å². The second-order valence-corrected chi connectivity index (χ2v) is 15.7. The lowest BCUT2D eigenvalue weighted by molar-refractivity contribution is -0.136. The molecule has 0 aliphatic carbocycles. The summed E-state index contributed by atoms with van der Waals surface area (Å²) >= 11 is 0. The van der Waals surface area contributed by atoms with Crippen LogP contribution in [-0.4, -0.2) is 93.1 Å². The zero-order valence-electron chi connectivity index (χ0n) is 32.5. The van der Waals surface area contributed by atoms with Crippen LogP contribution in [0.2, 0.25) is 0 Å². The Balaban J connectivity index is 1.03. The van der Waals surface area contributed by atoms with Crippen molar-refractivity contribution in [2.45, 2.75) is 102 Å². The molecule has 55 heavy (non-hydrogen) atoms. The van der Waals surface area contributed by atoms with Crippen molar-refractivity contribution in [3.63, 3.8) is 0 Å². The molecule has 15 heteroatoms. The van der Waals surface area contributed by atoms with E-state index in [1.54, 1.807) is 0 Å². The smallest absolute Gasteiger partial charge is 0.407 e. The van der Waals surface area contributed by atoms with Gasteiger partial charge in [0.1, 0.15) is 23.7 Å². The summed E-state index contributed by atoms with van der Waals surface area (Å²) in [6, 6.07) is 11.2. The predicted octanol–water partition coefficient (Wildman–Crippen LogP) is 5.69. The molecule has 1 unspecified atom stereocenters. The van der Waals surface area contributed by atoms with Gasteiger partial charge in [-0.1, -0.05) is 39.8 Å². The van der Waals surface area contributed by atoms with Gasteiger partial charge in [0, 0.05) is 25.2 Å². The largest absolute Gasteiger partial charge is 0.453 e. The number of alkyl carbamates (subject to hydrolysis) is 2. The maximum Gasteiger partial charge on any atom is 0.407 e. The minimum Gasteiger partial charge on any atom is -0.453 e. The summed E-state index contributed by atoms with van der Waals surface area (Å²) in [5, 5.41) is 9.27. The summed E-state index contributed by atoms with van der Waals surface area (Å²) in [5.74, 6) is 1.05. The number of amides is 4. The molecule has 3 saturated heterocycles. The van der Waals surface area contributed by atoms with Crippen LogP contribution >= 0.6 is 0 Å². The summed E-state index contributed by atoms with van der Waals surface area (Å²) in [6.45, 7) is 8.84. The lowest BCUT2D eigenvalue weighted by Gasteiger charge is -2.29. The molecular weight excluding hydrogens is 702 g/mol. The molecule has 5 heterocycles. The number of rotatable bonds is 10. The number of ether oxygens (including phenoxy) is 2. The summed E-state index contributed by atoms with van der Waals surface area (Å²) in [5.41, 5.74) is 5.90. The molecule has 5 N–H and O–H groups in total. The van der Waals surface area contributed by atoms with Crippen molar-refractivity contribution in [1.82, 2.24) is 45.7 Å². The molecule has 0 radical (unpaired) electrons. The van der Waals surface area contributed by atoms with Crippen LogP contribution < -0.4 is 16.0 Å². The molecule has 2 aromatic carbocycles. The van der Waals surface area contributed by atoms with Gasteiger partial charge in [0.2, 0.25) is 11.8 Å². The number of aromatic amines is 2. The number of carbonyl (C=O) groups excluding carboxylic acids is 4. The number of hydrogen-bond donors (Lipinski definition) is 5. The first kappa shape index (κ1) is 38.1. The maximum atomic E-state index is 13.6. The molecule has 3 aliphatic rings. The highest BCUT2D eigenvalue weighted by Gasteiger charge is 2.39. The summed E-state index contributed by atoms with van der Waals surface area (Å²) in [6.07, 6.45) is 3.99. The summed E-state index contributed by atoms with van der Waals surface area (Å²) in [4.78, 5) is 71.8. The van der Waals surface area contributed by atoms with Gasteiger partial charge in [-0.15, -0.1) is 0 Å². The number of carbonyl (C=O) groups is 4.